The van der Waals surface area contributed by atoms with Crippen LogP contribution < -0.4 is 4.72 Å². The fraction of sp³-hybridized carbons (Fsp3) is 0.391. The topological polar surface area (TPSA) is 75.2 Å². The van der Waals surface area contributed by atoms with E-state index in [4.69, 9.17) is 0 Å². The van der Waals surface area contributed by atoms with Crippen LogP contribution in [0.5, 0.6) is 0 Å². The molecule has 8 heteroatoms. The van der Waals surface area contributed by atoms with E-state index in [9.17, 15) is 8.42 Å². The average molecular weight is 455 g/mol. The number of piperidine rings is 1. The maximum absolute atomic E-state index is 12.8. The molecule has 1 aliphatic heterocycles. The maximum atomic E-state index is 12.8. The molecule has 0 amide bonds. The second kappa shape index (κ2) is 8.68. The molecule has 0 spiro atoms. The predicted molar refractivity (Wildman–Crippen MR) is 123 cm³/mol. The normalized spacial score (nSPS) is 22.1. The van der Waals surface area contributed by atoms with Gasteiger partial charge in [-0.05, 0) is 67.5 Å². The van der Waals surface area contributed by atoms with E-state index in [1.807, 2.05) is 12.1 Å². The number of aromatic nitrogens is 2. The zero-order valence-corrected chi connectivity index (χ0v) is 18.9. The molecule has 3 aromatic rings. The molecule has 2 heterocycles. The lowest BCUT2D eigenvalue weighted by Crippen LogP contribution is -2.38. The molecule has 0 bridgehead atoms. The van der Waals surface area contributed by atoms with Crippen molar-refractivity contribution in [1.29, 1.82) is 0 Å². The molecule has 1 aliphatic carbocycles. The van der Waals surface area contributed by atoms with E-state index in [1.54, 1.807) is 6.07 Å². The minimum atomic E-state index is -3.67. The summed E-state index contributed by atoms with van der Waals surface area (Å²) in [6.45, 7) is 1.09. The van der Waals surface area contributed by atoms with Crippen molar-refractivity contribution in [3.8, 4) is 0 Å². The summed E-state index contributed by atoms with van der Waals surface area (Å²) in [7, 11) is -3.67. The van der Waals surface area contributed by atoms with Crippen molar-refractivity contribution in [3.63, 3.8) is 0 Å². The van der Waals surface area contributed by atoms with Gasteiger partial charge in [-0.2, -0.15) is 4.37 Å². The summed E-state index contributed by atoms with van der Waals surface area (Å²) >= 11 is 1.03. The van der Waals surface area contributed by atoms with Gasteiger partial charge in [-0.25, -0.2) is 13.4 Å². The lowest BCUT2D eigenvalue weighted by Gasteiger charge is -2.44. The van der Waals surface area contributed by atoms with E-state index < -0.39 is 10.0 Å². The first-order valence-corrected chi connectivity index (χ1v) is 13.1. The van der Waals surface area contributed by atoms with Gasteiger partial charge in [0.1, 0.15) is 6.33 Å². The van der Waals surface area contributed by atoms with E-state index in [0.29, 0.717) is 17.0 Å². The minimum Gasteiger partial charge on any atom is -0.289 e. The highest BCUT2D eigenvalue weighted by Gasteiger charge is 2.33. The van der Waals surface area contributed by atoms with E-state index in [2.05, 4.69) is 49.3 Å². The number of hydrogen-bond acceptors (Lipinski definition) is 6. The van der Waals surface area contributed by atoms with Crippen molar-refractivity contribution in [2.24, 2.45) is 0 Å². The summed E-state index contributed by atoms with van der Waals surface area (Å²) < 4.78 is 32.0. The maximum Gasteiger partial charge on any atom is 0.263 e. The van der Waals surface area contributed by atoms with Crippen LogP contribution >= 0.6 is 11.5 Å². The Morgan fingerprint density at radius 3 is 2.65 bits per heavy atom. The first-order valence-electron chi connectivity index (χ1n) is 10.8. The molecule has 0 saturated carbocycles. The van der Waals surface area contributed by atoms with Gasteiger partial charge in [0.05, 0.1) is 4.90 Å². The Labute approximate surface area is 187 Å². The van der Waals surface area contributed by atoms with Gasteiger partial charge in [0.2, 0.25) is 5.13 Å². The molecular formula is C23H26N4O2S2. The monoisotopic (exact) mass is 454 g/mol. The molecule has 1 saturated heterocycles. The number of fused-ring (bicyclic) bond motifs is 1. The number of benzene rings is 2. The SMILES string of the molecule is O=S(=O)(Nc1ncns1)c1ccc2c(c1)CCCC2N1CCCC[C@H]1c1ccccc1. The summed E-state index contributed by atoms with van der Waals surface area (Å²) in [6, 6.07) is 17.2. The number of nitrogens with zero attached hydrogens (tertiary/aromatic N) is 3. The van der Waals surface area contributed by atoms with E-state index >= 15 is 0 Å². The number of rotatable bonds is 5. The predicted octanol–water partition coefficient (Wildman–Crippen LogP) is 4.94. The molecule has 1 unspecified atom stereocenters. The summed E-state index contributed by atoms with van der Waals surface area (Å²) in [5, 5.41) is 0.287. The van der Waals surface area contributed by atoms with Crippen LogP contribution in [0, 0.1) is 0 Å². The van der Waals surface area contributed by atoms with Gasteiger partial charge in [0.25, 0.3) is 10.0 Å². The van der Waals surface area contributed by atoms with Gasteiger partial charge < -0.3 is 0 Å². The van der Waals surface area contributed by atoms with Crippen molar-refractivity contribution in [2.45, 2.75) is 55.5 Å². The van der Waals surface area contributed by atoms with Crippen LogP contribution in [0.1, 0.15) is 60.9 Å². The number of hydrogen-bond donors (Lipinski definition) is 1. The molecule has 1 aromatic heterocycles. The second-order valence-electron chi connectivity index (χ2n) is 8.28. The number of nitrogens with one attached hydrogen (secondary N) is 1. The van der Waals surface area contributed by atoms with Gasteiger partial charge in [-0.1, -0.05) is 42.8 Å². The Morgan fingerprint density at radius 1 is 1.00 bits per heavy atom. The van der Waals surface area contributed by atoms with Crippen LogP contribution in [-0.2, 0) is 16.4 Å². The van der Waals surface area contributed by atoms with Crippen LogP contribution in [0.25, 0.3) is 0 Å². The summed E-state index contributed by atoms with van der Waals surface area (Å²) in [5.41, 5.74) is 3.81. The third-order valence-corrected chi connectivity index (χ3v) is 8.47. The Balaban J connectivity index is 1.45. The molecule has 1 N–H and O–H groups in total. The van der Waals surface area contributed by atoms with Crippen molar-refractivity contribution in [3.05, 3.63) is 71.5 Å². The van der Waals surface area contributed by atoms with Crippen molar-refractivity contribution >= 4 is 26.7 Å². The van der Waals surface area contributed by atoms with Crippen LogP contribution in [-0.4, -0.2) is 29.2 Å². The standard InChI is InChI=1S/C23H26N4O2S2/c28-31(29,26-23-24-16-25-30-23)19-12-13-20-18(15-19)9-6-11-22(20)27-14-5-4-10-21(27)17-7-2-1-3-8-17/h1-3,7-8,12-13,15-16,21-22H,4-6,9-11,14H2,(H,24,25,26)/t21-,22?/m0/s1. The molecule has 2 atom stereocenters. The van der Waals surface area contributed by atoms with E-state index in [0.717, 1.165) is 42.9 Å². The zero-order chi connectivity index (χ0) is 21.3. The zero-order valence-electron chi connectivity index (χ0n) is 17.3. The third-order valence-electron chi connectivity index (χ3n) is 6.42. The highest BCUT2D eigenvalue weighted by atomic mass is 32.2. The Kier molecular flexibility index (Phi) is 5.77. The first kappa shape index (κ1) is 20.6. The lowest BCUT2D eigenvalue weighted by molar-refractivity contribution is 0.0835. The molecule has 2 aromatic carbocycles. The van der Waals surface area contributed by atoms with Gasteiger partial charge in [-0.15, -0.1) is 0 Å². The van der Waals surface area contributed by atoms with Crippen LogP contribution in [0.15, 0.2) is 59.8 Å². The smallest absolute Gasteiger partial charge is 0.263 e. The van der Waals surface area contributed by atoms with Gasteiger partial charge in [-0.3, -0.25) is 9.62 Å². The molecule has 2 aliphatic rings. The molecule has 162 valence electrons. The van der Waals surface area contributed by atoms with Gasteiger partial charge >= 0.3 is 0 Å². The third kappa shape index (κ3) is 4.24. The van der Waals surface area contributed by atoms with Crippen LogP contribution in [0.3, 0.4) is 0 Å². The molecule has 1 fully saturated rings. The van der Waals surface area contributed by atoms with Crippen molar-refractivity contribution in [1.82, 2.24) is 14.3 Å². The van der Waals surface area contributed by atoms with Gasteiger partial charge in [0, 0.05) is 23.6 Å². The minimum absolute atomic E-state index is 0.287. The molecule has 0 radical (unpaired) electrons. The number of anilines is 1. The number of aryl methyl sites for hydroxylation is 1. The fourth-order valence-electron chi connectivity index (χ4n) is 5.03. The summed E-state index contributed by atoms with van der Waals surface area (Å²) in [6.07, 6.45) is 8.10. The van der Waals surface area contributed by atoms with Crippen LogP contribution in [0.4, 0.5) is 5.13 Å². The fourth-order valence-corrected chi connectivity index (χ4v) is 6.74. The van der Waals surface area contributed by atoms with Crippen molar-refractivity contribution in [2.75, 3.05) is 11.3 Å². The summed E-state index contributed by atoms with van der Waals surface area (Å²) in [4.78, 5) is 6.88. The molecule has 5 rings (SSSR count). The first-order chi connectivity index (χ1) is 15.1. The van der Waals surface area contributed by atoms with Gasteiger partial charge in [0.15, 0.2) is 0 Å². The Hall–Kier alpha value is -2.29. The Bertz CT molecular complexity index is 1130. The molecule has 31 heavy (non-hydrogen) atoms. The quantitative estimate of drug-likeness (QED) is 0.591. The summed E-state index contributed by atoms with van der Waals surface area (Å²) in [5.74, 6) is 0. The number of sulfonamides is 1. The molecular weight excluding hydrogens is 428 g/mol. The second-order valence-corrected chi connectivity index (χ2v) is 10.7. The lowest BCUT2D eigenvalue weighted by atomic mass is 9.83. The van der Waals surface area contributed by atoms with E-state index in [-0.39, 0.29) is 5.13 Å². The van der Waals surface area contributed by atoms with E-state index in [1.165, 1.54) is 36.7 Å². The highest BCUT2D eigenvalue weighted by Crippen LogP contribution is 2.43. The Morgan fingerprint density at radius 2 is 1.84 bits per heavy atom. The number of likely N-dealkylation sites (tertiary alicyclic amines) is 1. The largest absolute Gasteiger partial charge is 0.289 e. The van der Waals surface area contributed by atoms with Crippen molar-refractivity contribution < 1.29 is 8.42 Å². The van der Waals surface area contributed by atoms with Crippen LogP contribution in [0.2, 0.25) is 0 Å². The molecule has 6 nitrogen and oxygen atoms in total. The highest BCUT2D eigenvalue weighted by molar-refractivity contribution is 7.93. The average Bonchev–Trinajstić information content (AvgIpc) is 3.31.